The first kappa shape index (κ1) is 18.6. The molecule has 8 atom stereocenters. The summed E-state index contributed by atoms with van der Waals surface area (Å²) in [6.07, 6.45) is 7.53. The number of ether oxygens (including phenoxy) is 3. The predicted octanol–water partition coefficient (Wildman–Crippen LogP) is 2.58. The Kier molecular flexibility index (Phi) is 4.31. The Morgan fingerprint density at radius 2 is 1.96 bits per heavy atom. The maximum atomic E-state index is 11.8. The summed E-state index contributed by atoms with van der Waals surface area (Å²) >= 11 is 0. The summed E-state index contributed by atoms with van der Waals surface area (Å²) < 4.78 is 19.0. The largest absolute Gasteiger partial charge is 0.389 e. The molecule has 5 heteroatoms. The standard InChI is InChI=1S/C22H35NO4/c1-21(2)16-6-5-9-22(21,24)10-14-13(7-8-17-15(14)12-25-17)19-20(16)27-18(26-19)11-23(3)4/h6,13-15,17-20,24H,5,7-12H2,1-4H3. The fourth-order valence-electron chi connectivity index (χ4n) is 6.64. The minimum Gasteiger partial charge on any atom is -0.389 e. The molecule has 0 aromatic heterocycles. The van der Waals surface area contributed by atoms with Crippen molar-refractivity contribution in [2.45, 2.75) is 76.2 Å². The van der Waals surface area contributed by atoms with Crippen molar-refractivity contribution in [3.8, 4) is 0 Å². The van der Waals surface area contributed by atoms with Gasteiger partial charge in [-0.2, -0.15) is 0 Å². The van der Waals surface area contributed by atoms with Crippen LogP contribution in [0, 0.1) is 23.2 Å². The number of allylic oxidation sites excluding steroid dienone is 1. The van der Waals surface area contributed by atoms with Gasteiger partial charge >= 0.3 is 0 Å². The summed E-state index contributed by atoms with van der Waals surface area (Å²) in [5.74, 6) is 1.50. The predicted molar refractivity (Wildman–Crippen MR) is 102 cm³/mol. The molecule has 8 unspecified atom stereocenters. The van der Waals surface area contributed by atoms with Crippen LogP contribution in [0.5, 0.6) is 0 Å². The average Bonchev–Trinajstić information content (AvgIpc) is 2.93. The topological polar surface area (TPSA) is 51.2 Å². The molecule has 1 N–H and O–H groups in total. The van der Waals surface area contributed by atoms with Gasteiger partial charge in [-0.3, -0.25) is 0 Å². The van der Waals surface area contributed by atoms with E-state index in [9.17, 15) is 5.11 Å². The third-order valence-corrected chi connectivity index (χ3v) is 8.39. The number of hydrogen-bond donors (Lipinski definition) is 1. The van der Waals surface area contributed by atoms with Crippen LogP contribution in [0.4, 0.5) is 0 Å². The van der Waals surface area contributed by atoms with Gasteiger partial charge in [-0.15, -0.1) is 0 Å². The molecule has 27 heavy (non-hydrogen) atoms. The highest BCUT2D eigenvalue weighted by Crippen LogP contribution is 2.59. The van der Waals surface area contributed by atoms with Gasteiger partial charge in [0.25, 0.3) is 0 Å². The number of hydrogen-bond acceptors (Lipinski definition) is 5. The van der Waals surface area contributed by atoms with Crippen molar-refractivity contribution in [2.24, 2.45) is 23.2 Å². The smallest absolute Gasteiger partial charge is 0.171 e. The zero-order valence-electron chi connectivity index (χ0n) is 17.2. The van der Waals surface area contributed by atoms with Crippen molar-refractivity contribution >= 4 is 0 Å². The van der Waals surface area contributed by atoms with E-state index in [0.29, 0.717) is 23.9 Å². The Labute approximate surface area is 163 Å². The van der Waals surface area contributed by atoms with Crippen LogP contribution in [0.15, 0.2) is 11.6 Å². The molecule has 0 radical (unpaired) electrons. The van der Waals surface area contributed by atoms with Gasteiger partial charge in [-0.1, -0.05) is 19.9 Å². The summed E-state index contributed by atoms with van der Waals surface area (Å²) in [5, 5.41) is 11.8. The molecule has 5 rings (SSSR count). The van der Waals surface area contributed by atoms with E-state index in [0.717, 1.165) is 45.3 Å². The fourth-order valence-corrected chi connectivity index (χ4v) is 6.64. The van der Waals surface area contributed by atoms with Crippen molar-refractivity contribution in [1.82, 2.24) is 4.90 Å². The van der Waals surface area contributed by atoms with E-state index < -0.39 is 5.60 Å². The number of fused-ring (bicyclic) bond motifs is 8. The summed E-state index contributed by atoms with van der Waals surface area (Å²) in [6, 6.07) is 0. The minimum absolute atomic E-state index is 0.0258. The summed E-state index contributed by atoms with van der Waals surface area (Å²) in [6.45, 7) is 6.06. The van der Waals surface area contributed by atoms with E-state index in [-0.39, 0.29) is 23.9 Å². The van der Waals surface area contributed by atoms with Crippen LogP contribution in [-0.2, 0) is 14.2 Å². The molecule has 4 fully saturated rings. The maximum Gasteiger partial charge on any atom is 0.171 e. The number of aliphatic hydroxyl groups is 1. The third kappa shape index (κ3) is 2.69. The number of likely N-dealkylation sites (N-methyl/N-ethyl adjacent to an activating group) is 1. The Balaban J connectivity index is 1.55. The van der Waals surface area contributed by atoms with Gasteiger partial charge in [0.1, 0.15) is 6.10 Å². The molecule has 0 aromatic carbocycles. The first-order valence-electron chi connectivity index (χ1n) is 10.8. The Bertz CT molecular complexity index is 632. The van der Waals surface area contributed by atoms with Crippen LogP contribution in [0.25, 0.3) is 0 Å². The molecule has 5 nitrogen and oxygen atoms in total. The lowest BCUT2D eigenvalue weighted by Gasteiger charge is -2.58. The van der Waals surface area contributed by atoms with E-state index in [4.69, 9.17) is 14.2 Å². The molecule has 0 amide bonds. The van der Waals surface area contributed by atoms with Gasteiger partial charge in [-0.05, 0) is 63.6 Å². The van der Waals surface area contributed by atoms with Crippen LogP contribution < -0.4 is 0 Å². The van der Waals surface area contributed by atoms with Crippen LogP contribution >= 0.6 is 0 Å². The van der Waals surface area contributed by atoms with Gasteiger partial charge in [0.2, 0.25) is 0 Å². The van der Waals surface area contributed by atoms with Crippen molar-refractivity contribution < 1.29 is 19.3 Å². The molecule has 0 spiro atoms. The van der Waals surface area contributed by atoms with Crippen LogP contribution in [0.1, 0.15) is 46.0 Å². The first-order valence-corrected chi connectivity index (χ1v) is 10.8. The SMILES string of the molecule is CN(C)CC1OC2C3=CCCC(O)(CC4C5COC5CCC4C2O1)C3(C)C. The van der Waals surface area contributed by atoms with E-state index >= 15 is 0 Å². The minimum atomic E-state index is -0.661. The Morgan fingerprint density at radius 1 is 1.15 bits per heavy atom. The molecule has 2 heterocycles. The van der Waals surface area contributed by atoms with Gasteiger partial charge in [-0.25, -0.2) is 0 Å². The van der Waals surface area contributed by atoms with Crippen molar-refractivity contribution in [2.75, 3.05) is 27.2 Å². The second kappa shape index (κ2) is 6.27. The van der Waals surface area contributed by atoms with E-state index in [2.05, 4.69) is 38.9 Å². The molecular formula is C22H35NO4. The van der Waals surface area contributed by atoms with Gasteiger partial charge < -0.3 is 24.2 Å². The third-order valence-electron chi connectivity index (χ3n) is 8.39. The lowest BCUT2D eigenvalue weighted by atomic mass is 9.52. The summed E-state index contributed by atoms with van der Waals surface area (Å²) in [7, 11) is 4.13. The highest BCUT2D eigenvalue weighted by molar-refractivity contribution is 5.30. The highest BCUT2D eigenvalue weighted by atomic mass is 16.7. The van der Waals surface area contributed by atoms with Crippen molar-refractivity contribution in [1.29, 1.82) is 0 Å². The fraction of sp³-hybridized carbons (Fsp3) is 0.909. The Hall–Kier alpha value is -0.460. The molecule has 152 valence electrons. The number of nitrogens with zero attached hydrogens (tertiary/aromatic N) is 1. The maximum absolute atomic E-state index is 11.8. The van der Waals surface area contributed by atoms with Crippen LogP contribution in [0.3, 0.4) is 0 Å². The van der Waals surface area contributed by atoms with Gasteiger partial charge in [0, 0.05) is 17.9 Å². The monoisotopic (exact) mass is 377 g/mol. The zero-order chi connectivity index (χ0) is 19.0. The molecule has 2 saturated carbocycles. The first-order chi connectivity index (χ1) is 12.8. The second-order valence-corrected chi connectivity index (χ2v) is 10.3. The van der Waals surface area contributed by atoms with Gasteiger partial charge in [0.05, 0.1) is 24.4 Å². The summed E-state index contributed by atoms with van der Waals surface area (Å²) in [5.41, 5.74) is 0.325. The molecule has 2 saturated heterocycles. The second-order valence-electron chi connectivity index (χ2n) is 10.3. The highest BCUT2D eigenvalue weighted by Gasteiger charge is 2.61. The number of rotatable bonds is 2. The van der Waals surface area contributed by atoms with Crippen molar-refractivity contribution in [3.63, 3.8) is 0 Å². The molecule has 2 aliphatic heterocycles. The van der Waals surface area contributed by atoms with Gasteiger partial charge in [0.15, 0.2) is 6.29 Å². The lowest BCUT2D eigenvalue weighted by molar-refractivity contribution is -0.208. The van der Waals surface area contributed by atoms with E-state index in [1.807, 2.05) is 0 Å². The molecule has 0 aromatic rings. The van der Waals surface area contributed by atoms with Crippen LogP contribution in [-0.4, -0.2) is 67.5 Å². The van der Waals surface area contributed by atoms with Crippen molar-refractivity contribution in [3.05, 3.63) is 11.6 Å². The van der Waals surface area contributed by atoms with E-state index in [1.54, 1.807) is 0 Å². The summed E-state index contributed by atoms with van der Waals surface area (Å²) in [4.78, 5) is 2.13. The molecule has 2 bridgehead atoms. The quantitative estimate of drug-likeness (QED) is 0.750. The normalized spacial score (nSPS) is 50.6. The average molecular weight is 378 g/mol. The molecule has 3 aliphatic carbocycles. The zero-order valence-corrected chi connectivity index (χ0v) is 17.2. The molecular weight excluding hydrogens is 342 g/mol. The van der Waals surface area contributed by atoms with Crippen LogP contribution in [0.2, 0.25) is 0 Å². The van der Waals surface area contributed by atoms with E-state index in [1.165, 1.54) is 5.57 Å². The Morgan fingerprint density at radius 3 is 2.67 bits per heavy atom. The lowest BCUT2D eigenvalue weighted by Crippen LogP contribution is -2.61. The molecule has 5 aliphatic rings.